The predicted molar refractivity (Wildman–Crippen MR) is 55.0 cm³/mol. The van der Waals surface area contributed by atoms with E-state index in [9.17, 15) is 4.79 Å². The first-order valence-electron chi connectivity index (χ1n) is 4.00. The molecule has 0 N–H and O–H groups in total. The van der Waals surface area contributed by atoms with Gasteiger partial charge in [-0.05, 0) is 28.9 Å². The van der Waals surface area contributed by atoms with Crippen molar-refractivity contribution in [2.24, 2.45) is 0 Å². The minimum Gasteiger partial charge on any atom is -0.383 e. The van der Waals surface area contributed by atoms with Gasteiger partial charge in [-0.15, -0.1) is 0 Å². The monoisotopic (exact) mass is 245 g/mol. The Morgan fingerprint density at radius 1 is 1.62 bits per heavy atom. The van der Waals surface area contributed by atoms with Crippen LogP contribution >= 0.6 is 15.9 Å². The van der Waals surface area contributed by atoms with Crippen molar-refractivity contribution in [1.29, 1.82) is 0 Å². The number of methoxy groups -OCH3 is 1. The van der Waals surface area contributed by atoms with E-state index in [1.54, 1.807) is 24.8 Å². The number of hydrogen-bond acceptors (Lipinski definition) is 2. The average Bonchev–Trinajstić information content (AvgIpc) is 2.09. The highest BCUT2D eigenvalue weighted by Gasteiger charge is 2.00. The van der Waals surface area contributed by atoms with Gasteiger partial charge in [-0.1, -0.05) is 0 Å². The van der Waals surface area contributed by atoms with Crippen LogP contribution in [0.2, 0.25) is 0 Å². The third-order valence-electron chi connectivity index (χ3n) is 1.77. The lowest BCUT2D eigenvalue weighted by Crippen LogP contribution is -2.23. The summed E-state index contributed by atoms with van der Waals surface area (Å²) in [6.45, 7) is 2.95. The van der Waals surface area contributed by atoms with Crippen LogP contribution in [-0.2, 0) is 11.3 Å². The van der Waals surface area contributed by atoms with Crippen molar-refractivity contribution in [2.45, 2.75) is 13.5 Å². The van der Waals surface area contributed by atoms with E-state index in [4.69, 9.17) is 4.74 Å². The van der Waals surface area contributed by atoms with Crippen molar-refractivity contribution < 1.29 is 4.74 Å². The molecule has 13 heavy (non-hydrogen) atoms. The Balaban J connectivity index is 2.99. The lowest BCUT2D eigenvalue weighted by molar-refractivity contribution is 0.186. The highest BCUT2D eigenvalue weighted by atomic mass is 79.9. The number of halogens is 1. The second-order valence-electron chi connectivity index (χ2n) is 2.83. The number of pyridine rings is 1. The molecule has 0 spiro atoms. The van der Waals surface area contributed by atoms with E-state index in [0.29, 0.717) is 13.2 Å². The Kier molecular flexibility index (Phi) is 3.69. The van der Waals surface area contributed by atoms with Gasteiger partial charge in [-0.2, -0.15) is 0 Å². The topological polar surface area (TPSA) is 31.2 Å². The second-order valence-corrected chi connectivity index (χ2v) is 3.75. The van der Waals surface area contributed by atoms with Crippen LogP contribution in [0.25, 0.3) is 0 Å². The molecule has 0 atom stereocenters. The molecule has 0 unspecified atom stereocenters. The van der Waals surface area contributed by atoms with E-state index in [2.05, 4.69) is 15.9 Å². The van der Waals surface area contributed by atoms with Crippen LogP contribution in [0.4, 0.5) is 0 Å². The summed E-state index contributed by atoms with van der Waals surface area (Å²) in [5, 5.41) is 0. The highest BCUT2D eigenvalue weighted by molar-refractivity contribution is 9.10. The zero-order valence-corrected chi connectivity index (χ0v) is 9.30. The summed E-state index contributed by atoms with van der Waals surface area (Å²) in [6.07, 6.45) is 1.77. The van der Waals surface area contributed by atoms with Crippen LogP contribution in [0.5, 0.6) is 0 Å². The Morgan fingerprint density at radius 2 is 2.31 bits per heavy atom. The molecule has 0 aromatic carbocycles. The van der Waals surface area contributed by atoms with E-state index < -0.39 is 0 Å². The fourth-order valence-corrected chi connectivity index (χ4v) is 1.69. The minimum atomic E-state index is 0.0419. The zero-order valence-electron chi connectivity index (χ0n) is 7.71. The molecule has 1 rings (SSSR count). The second kappa shape index (κ2) is 4.58. The first-order chi connectivity index (χ1) is 6.15. The Hall–Kier alpha value is -0.610. The van der Waals surface area contributed by atoms with Gasteiger partial charge in [-0.3, -0.25) is 4.79 Å². The van der Waals surface area contributed by atoms with Gasteiger partial charge < -0.3 is 9.30 Å². The van der Waals surface area contributed by atoms with Gasteiger partial charge in [0.25, 0.3) is 5.56 Å². The van der Waals surface area contributed by atoms with Gasteiger partial charge in [0.15, 0.2) is 0 Å². The quantitative estimate of drug-likeness (QED) is 0.810. The summed E-state index contributed by atoms with van der Waals surface area (Å²) >= 11 is 3.34. The normalized spacial score (nSPS) is 10.4. The Bertz CT molecular complexity index is 346. The van der Waals surface area contributed by atoms with Crippen LogP contribution in [-0.4, -0.2) is 18.3 Å². The van der Waals surface area contributed by atoms with E-state index >= 15 is 0 Å². The maximum Gasteiger partial charge on any atom is 0.253 e. The molecule has 1 aromatic rings. The molecule has 0 radical (unpaired) electrons. The fourth-order valence-electron chi connectivity index (χ4n) is 1.10. The lowest BCUT2D eigenvalue weighted by atomic mass is 10.3. The van der Waals surface area contributed by atoms with Crippen LogP contribution in [0.3, 0.4) is 0 Å². The molecule has 0 aliphatic heterocycles. The smallest absolute Gasteiger partial charge is 0.253 e. The minimum absolute atomic E-state index is 0.0419. The van der Waals surface area contributed by atoms with Crippen molar-refractivity contribution in [3.8, 4) is 0 Å². The molecule has 0 saturated carbocycles. The molecular formula is C9H12BrNO2. The van der Waals surface area contributed by atoms with Crippen molar-refractivity contribution in [2.75, 3.05) is 13.7 Å². The summed E-state index contributed by atoms with van der Waals surface area (Å²) in [7, 11) is 1.62. The van der Waals surface area contributed by atoms with Gasteiger partial charge in [0, 0.05) is 29.9 Å². The first-order valence-corrected chi connectivity index (χ1v) is 4.80. The van der Waals surface area contributed by atoms with Crippen molar-refractivity contribution >= 4 is 15.9 Å². The van der Waals surface area contributed by atoms with E-state index in [1.165, 1.54) is 0 Å². The summed E-state index contributed by atoms with van der Waals surface area (Å²) in [4.78, 5) is 11.5. The number of hydrogen-bond donors (Lipinski definition) is 0. The molecule has 0 amide bonds. The number of aryl methyl sites for hydroxylation is 1. The molecule has 0 aliphatic carbocycles. The Labute approximate surface area is 85.5 Å². The molecule has 1 heterocycles. The van der Waals surface area contributed by atoms with Gasteiger partial charge in [0.2, 0.25) is 0 Å². The molecule has 0 aliphatic rings. The molecule has 0 saturated heterocycles. The molecule has 1 aromatic heterocycles. The van der Waals surface area contributed by atoms with Crippen molar-refractivity contribution in [3.63, 3.8) is 0 Å². The van der Waals surface area contributed by atoms with Crippen molar-refractivity contribution in [3.05, 3.63) is 32.7 Å². The third kappa shape index (κ3) is 2.67. The van der Waals surface area contributed by atoms with Crippen LogP contribution < -0.4 is 5.56 Å². The van der Waals surface area contributed by atoms with E-state index in [-0.39, 0.29) is 5.56 Å². The molecular weight excluding hydrogens is 234 g/mol. The summed E-state index contributed by atoms with van der Waals surface area (Å²) in [6, 6.07) is 1.81. The molecule has 72 valence electrons. The van der Waals surface area contributed by atoms with Crippen molar-refractivity contribution in [1.82, 2.24) is 4.57 Å². The molecule has 0 bridgehead atoms. The lowest BCUT2D eigenvalue weighted by Gasteiger charge is -2.06. The van der Waals surface area contributed by atoms with Crippen LogP contribution in [0.15, 0.2) is 21.5 Å². The summed E-state index contributed by atoms with van der Waals surface area (Å²) in [5.74, 6) is 0. The number of rotatable bonds is 3. The van der Waals surface area contributed by atoms with Gasteiger partial charge in [0.05, 0.1) is 6.61 Å². The Morgan fingerprint density at radius 3 is 2.92 bits per heavy atom. The average molecular weight is 246 g/mol. The maximum absolute atomic E-state index is 11.5. The van der Waals surface area contributed by atoms with Crippen LogP contribution in [0.1, 0.15) is 5.56 Å². The molecule has 3 nitrogen and oxygen atoms in total. The maximum atomic E-state index is 11.5. The van der Waals surface area contributed by atoms with E-state index in [0.717, 1.165) is 10.0 Å². The standard InChI is InChI=1S/C9H12BrNO2/c1-7-5-8(10)6-11(9(7)12)3-4-13-2/h5-6H,3-4H2,1-2H3. The van der Waals surface area contributed by atoms with E-state index in [1.807, 2.05) is 6.07 Å². The SMILES string of the molecule is COCCn1cc(Br)cc(C)c1=O. The number of ether oxygens (including phenoxy) is 1. The van der Waals surface area contributed by atoms with Crippen LogP contribution in [0, 0.1) is 6.92 Å². The first kappa shape index (κ1) is 10.5. The predicted octanol–water partition coefficient (Wildman–Crippen LogP) is 1.57. The molecule has 4 heteroatoms. The molecule has 0 fully saturated rings. The largest absolute Gasteiger partial charge is 0.383 e. The fraction of sp³-hybridized carbons (Fsp3) is 0.444. The third-order valence-corrected chi connectivity index (χ3v) is 2.20. The van der Waals surface area contributed by atoms with Gasteiger partial charge in [-0.25, -0.2) is 0 Å². The van der Waals surface area contributed by atoms with Gasteiger partial charge in [0.1, 0.15) is 0 Å². The van der Waals surface area contributed by atoms with Gasteiger partial charge >= 0.3 is 0 Å². The highest BCUT2D eigenvalue weighted by Crippen LogP contribution is 2.07. The number of nitrogens with zero attached hydrogens (tertiary/aromatic N) is 1. The number of aromatic nitrogens is 1. The zero-order chi connectivity index (χ0) is 9.84. The summed E-state index contributed by atoms with van der Waals surface area (Å²) < 4.78 is 7.46. The summed E-state index contributed by atoms with van der Waals surface area (Å²) in [5.41, 5.74) is 0.783.